The van der Waals surface area contributed by atoms with Crippen molar-refractivity contribution in [1.82, 2.24) is 19.8 Å². The summed E-state index contributed by atoms with van der Waals surface area (Å²) in [5.74, 6) is -0.927. The van der Waals surface area contributed by atoms with Crippen LogP contribution in [0.5, 0.6) is 0 Å². The molecule has 0 spiro atoms. The predicted octanol–water partition coefficient (Wildman–Crippen LogP) is 3.79. The van der Waals surface area contributed by atoms with E-state index in [-0.39, 0.29) is 17.6 Å². The maximum atomic E-state index is 11.2. The second kappa shape index (κ2) is 7.33. The lowest BCUT2D eigenvalue weighted by atomic mass is 9.97. The van der Waals surface area contributed by atoms with Crippen molar-refractivity contribution in [2.24, 2.45) is 0 Å². The van der Waals surface area contributed by atoms with Crippen LogP contribution in [-0.2, 0) is 0 Å². The second-order valence-corrected chi connectivity index (χ2v) is 7.64. The number of thiocarbonyl (C=S) groups is 1. The number of carboxylic acid groups (broad SMARTS) is 1. The average Bonchev–Trinajstić information content (AvgIpc) is 3.17. The molecular weight excluding hydrogens is 384 g/mol. The molecule has 1 fully saturated rings. The zero-order valence-electron chi connectivity index (χ0n) is 16.5. The van der Waals surface area contributed by atoms with Gasteiger partial charge in [0.15, 0.2) is 5.11 Å². The van der Waals surface area contributed by atoms with E-state index >= 15 is 0 Å². The molecule has 0 amide bonds. The maximum absolute atomic E-state index is 11.2. The Morgan fingerprint density at radius 3 is 2.52 bits per heavy atom. The van der Waals surface area contributed by atoms with Crippen LogP contribution in [-0.4, -0.2) is 37.7 Å². The molecule has 1 saturated heterocycles. The van der Waals surface area contributed by atoms with Crippen LogP contribution in [0, 0.1) is 13.8 Å². The summed E-state index contributed by atoms with van der Waals surface area (Å²) in [6.07, 6.45) is 1.79. The number of aromatic carboxylic acids is 1. The summed E-state index contributed by atoms with van der Waals surface area (Å²) < 4.78 is 2.14. The van der Waals surface area contributed by atoms with Gasteiger partial charge in [-0.1, -0.05) is 6.07 Å². The molecule has 0 radical (unpaired) electrons. The van der Waals surface area contributed by atoms with Crippen molar-refractivity contribution in [2.45, 2.75) is 25.9 Å². The van der Waals surface area contributed by atoms with E-state index in [1.54, 1.807) is 18.3 Å². The molecule has 2 atom stereocenters. The van der Waals surface area contributed by atoms with Gasteiger partial charge in [-0.25, -0.2) is 4.79 Å². The van der Waals surface area contributed by atoms with Gasteiger partial charge < -0.3 is 19.9 Å². The molecule has 29 heavy (non-hydrogen) atoms. The molecule has 1 aromatic carbocycles. The highest BCUT2D eigenvalue weighted by Crippen LogP contribution is 2.40. The first-order chi connectivity index (χ1) is 13.9. The van der Waals surface area contributed by atoms with E-state index in [0.717, 1.165) is 28.3 Å². The normalized spacial score (nSPS) is 18.7. The van der Waals surface area contributed by atoms with Crippen LogP contribution in [0.1, 0.15) is 45.1 Å². The van der Waals surface area contributed by atoms with Gasteiger partial charge in [-0.2, -0.15) is 0 Å². The van der Waals surface area contributed by atoms with Crippen molar-refractivity contribution in [3.63, 3.8) is 0 Å². The van der Waals surface area contributed by atoms with Crippen LogP contribution in [0.25, 0.3) is 5.69 Å². The number of likely N-dealkylation sites (N-methyl/N-ethyl adjacent to an activating group) is 1. The highest BCUT2D eigenvalue weighted by atomic mass is 32.1. The van der Waals surface area contributed by atoms with Gasteiger partial charge in [-0.05, 0) is 74.1 Å². The van der Waals surface area contributed by atoms with E-state index in [2.05, 4.69) is 39.7 Å². The average molecular weight is 407 g/mol. The molecule has 1 aliphatic heterocycles. The smallest absolute Gasteiger partial charge is 0.335 e. The Morgan fingerprint density at radius 1 is 1.17 bits per heavy atom. The van der Waals surface area contributed by atoms with Crippen LogP contribution in [0.2, 0.25) is 0 Å². The quantitative estimate of drug-likeness (QED) is 0.643. The first-order valence-electron chi connectivity index (χ1n) is 9.35. The number of nitrogens with one attached hydrogen (secondary N) is 1. The molecular formula is C22H22N4O2S. The molecule has 3 aromatic rings. The molecule has 3 heterocycles. The molecule has 0 unspecified atom stereocenters. The Bertz CT molecular complexity index is 1080. The van der Waals surface area contributed by atoms with Crippen LogP contribution in [0.3, 0.4) is 0 Å². The molecule has 0 aliphatic carbocycles. The lowest BCUT2D eigenvalue weighted by Crippen LogP contribution is -2.25. The molecule has 1 aliphatic rings. The SMILES string of the molecule is Cc1cc([C@H]2[C@H](c3ccccn3)NC(=S)N2C)c(C)n1-c1ccc(C(=O)O)cc1. The summed E-state index contributed by atoms with van der Waals surface area (Å²) >= 11 is 5.54. The Morgan fingerprint density at radius 2 is 1.90 bits per heavy atom. The van der Waals surface area contributed by atoms with E-state index in [1.165, 1.54) is 0 Å². The summed E-state index contributed by atoms with van der Waals surface area (Å²) in [4.78, 5) is 17.8. The number of pyridine rings is 1. The third-order valence-corrected chi connectivity index (χ3v) is 5.91. The Hall–Kier alpha value is -3.19. The van der Waals surface area contributed by atoms with Gasteiger partial charge in [0.05, 0.1) is 23.3 Å². The second-order valence-electron chi connectivity index (χ2n) is 7.25. The summed E-state index contributed by atoms with van der Waals surface area (Å²) in [5.41, 5.74) is 5.48. The minimum Gasteiger partial charge on any atom is -0.478 e. The van der Waals surface area contributed by atoms with Gasteiger partial charge >= 0.3 is 5.97 Å². The van der Waals surface area contributed by atoms with Crippen molar-refractivity contribution < 1.29 is 9.90 Å². The monoisotopic (exact) mass is 406 g/mol. The Balaban J connectivity index is 1.78. The lowest BCUT2D eigenvalue weighted by Gasteiger charge is -2.24. The number of rotatable bonds is 4. The number of carbonyl (C=O) groups is 1. The largest absolute Gasteiger partial charge is 0.478 e. The van der Waals surface area contributed by atoms with E-state index in [0.29, 0.717) is 5.11 Å². The summed E-state index contributed by atoms with van der Waals surface area (Å²) in [5, 5.41) is 13.3. The molecule has 0 saturated carbocycles. The van der Waals surface area contributed by atoms with Crippen LogP contribution >= 0.6 is 12.2 Å². The van der Waals surface area contributed by atoms with Crippen molar-refractivity contribution in [3.05, 3.63) is 82.9 Å². The highest BCUT2D eigenvalue weighted by Gasteiger charge is 2.39. The van der Waals surface area contributed by atoms with Gasteiger partial charge in [0.2, 0.25) is 0 Å². The van der Waals surface area contributed by atoms with E-state index in [1.807, 2.05) is 37.4 Å². The van der Waals surface area contributed by atoms with Gasteiger partial charge in [0.1, 0.15) is 0 Å². The minimum absolute atomic E-state index is 0.00985. The van der Waals surface area contributed by atoms with E-state index in [9.17, 15) is 4.79 Å². The Kier molecular flexibility index (Phi) is 4.84. The number of carboxylic acids is 1. The van der Waals surface area contributed by atoms with Crippen molar-refractivity contribution in [1.29, 1.82) is 0 Å². The molecule has 7 heteroatoms. The number of aryl methyl sites for hydroxylation is 1. The van der Waals surface area contributed by atoms with Crippen molar-refractivity contribution >= 4 is 23.3 Å². The van der Waals surface area contributed by atoms with Gasteiger partial charge in [-0.15, -0.1) is 0 Å². The molecule has 148 valence electrons. The van der Waals surface area contributed by atoms with Crippen molar-refractivity contribution in [3.8, 4) is 5.69 Å². The number of hydrogen-bond donors (Lipinski definition) is 2. The number of hydrogen-bond acceptors (Lipinski definition) is 3. The van der Waals surface area contributed by atoms with Gasteiger partial charge in [0.25, 0.3) is 0 Å². The van der Waals surface area contributed by atoms with Crippen LogP contribution < -0.4 is 5.32 Å². The standard InChI is InChI=1S/C22H22N4O2S/c1-13-12-17(14(2)26(13)16-9-7-15(8-10-16)21(27)28)20-19(24-22(29)25(20)3)18-6-4-5-11-23-18/h4-12,19-20H,1-3H3,(H,24,29)(H,27,28)/t19-,20-/m0/s1. The lowest BCUT2D eigenvalue weighted by molar-refractivity contribution is 0.0697. The summed E-state index contributed by atoms with van der Waals surface area (Å²) in [6.45, 7) is 4.14. The Labute approximate surface area is 174 Å². The fraction of sp³-hybridized carbons (Fsp3) is 0.227. The first kappa shape index (κ1) is 19.1. The third-order valence-electron chi connectivity index (χ3n) is 5.50. The molecule has 2 aromatic heterocycles. The molecule has 0 bridgehead atoms. The fourth-order valence-corrected chi connectivity index (χ4v) is 4.33. The number of aromatic nitrogens is 2. The first-order valence-corrected chi connectivity index (χ1v) is 9.76. The third kappa shape index (κ3) is 3.27. The summed E-state index contributed by atoms with van der Waals surface area (Å²) in [7, 11) is 2.00. The zero-order valence-corrected chi connectivity index (χ0v) is 17.3. The van der Waals surface area contributed by atoms with Gasteiger partial charge in [0, 0.05) is 30.3 Å². The summed E-state index contributed by atoms with van der Waals surface area (Å²) in [6, 6.07) is 15.0. The van der Waals surface area contributed by atoms with Gasteiger partial charge in [-0.3, -0.25) is 4.98 Å². The maximum Gasteiger partial charge on any atom is 0.335 e. The number of benzene rings is 1. The minimum atomic E-state index is -0.927. The van der Waals surface area contributed by atoms with Crippen molar-refractivity contribution in [2.75, 3.05) is 7.05 Å². The number of nitrogens with zero attached hydrogens (tertiary/aromatic N) is 3. The fourth-order valence-electron chi connectivity index (χ4n) is 4.08. The topological polar surface area (TPSA) is 70.4 Å². The molecule has 4 rings (SSSR count). The molecule has 6 nitrogen and oxygen atoms in total. The van der Waals surface area contributed by atoms with Crippen LogP contribution in [0.4, 0.5) is 0 Å². The molecule has 2 N–H and O–H groups in total. The van der Waals surface area contributed by atoms with Crippen LogP contribution in [0.15, 0.2) is 54.7 Å². The van der Waals surface area contributed by atoms with E-state index < -0.39 is 5.97 Å². The highest BCUT2D eigenvalue weighted by molar-refractivity contribution is 7.80. The predicted molar refractivity (Wildman–Crippen MR) is 115 cm³/mol. The zero-order chi connectivity index (χ0) is 20.7. The van der Waals surface area contributed by atoms with E-state index in [4.69, 9.17) is 17.3 Å².